The van der Waals surface area contributed by atoms with Gasteiger partial charge in [0.2, 0.25) is 11.8 Å². The topological polar surface area (TPSA) is 202 Å². The maximum absolute atomic E-state index is 13.9. The number of aryl methyl sites for hydroxylation is 1. The Morgan fingerprint density at radius 3 is 2.56 bits per heavy atom. The van der Waals surface area contributed by atoms with Gasteiger partial charge in [0.05, 0.1) is 20.3 Å². The van der Waals surface area contributed by atoms with Crippen LogP contribution in [0.2, 0.25) is 0 Å². The lowest BCUT2D eigenvalue weighted by atomic mass is 9.96. The largest absolute Gasteiger partial charge is 0.479 e. The first-order valence-electron chi connectivity index (χ1n) is 13.6. The van der Waals surface area contributed by atoms with Crippen LogP contribution in [0.15, 0.2) is 30.3 Å². The molecule has 4 rings (SSSR count). The van der Waals surface area contributed by atoms with Crippen LogP contribution in [0.1, 0.15) is 46.7 Å². The Labute approximate surface area is 249 Å². The number of aliphatic hydroxyl groups excluding tert-OH is 1. The number of fused-ring (bicyclic) bond motifs is 1. The van der Waals surface area contributed by atoms with E-state index < -0.39 is 50.4 Å². The van der Waals surface area contributed by atoms with E-state index in [-0.39, 0.29) is 40.8 Å². The van der Waals surface area contributed by atoms with E-state index in [9.17, 15) is 19.6 Å². The number of methoxy groups -OCH3 is 1. The number of esters is 1. The first kappa shape index (κ1) is 32.6. The number of benzene rings is 1. The van der Waals surface area contributed by atoms with E-state index in [1.54, 1.807) is 37.3 Å². The van der Waals surface area contributed by atoms with Gasteiger partial charge in [0.15, 0.2) is 17.4 Å². The monoisotopic (exact) mass is 622 g/mol. The summed E-state index contributed by atoms with van der Waals surface area (Å²) in [7, 11) is -2.87. The molecule has 1 aromatic carbocycles. The molecule has 1 fully saturated rings. The third-order valence-corrected chi connectivity index (χ3v) is 8.26. The van der Waals surface area contributed by atoms with Gasteiger partial charge in [-0.1, -0.05) is 39.0 Å². The van der Waals surface area contributed by atoms with Crippen molar-refractivity contribution in [2.45, 2.75) is 71.6 Å². The molecule has 0 aliphatic carbocycles. The lowest BCUT2D eigenvalue weighted by molar-refractivity contribution is -0.148. The van der Waals surface area contributed by atoms with Crippen LogP contribution in [0.5, 0.6) is 11.6 Å². The van der Waals surface area contributed by atoms with E-state index >= 15 is 0 Å². The molecule has 0 spiro atoms. The molecule has 1 saturated heterocycles. The van der Waals surface area contributed by atoms with Gasteiger partial charge < -0.3 is 34.7 Å². The van der Waals surface area contributed by atoms with Crippen molar-refractivity contribution in [2.24, 2.45) is 5.41 Å². The molecule has 1 aliphatic rings. The average Bonchev–Trinajstić information content (AvgIpc) is 3.36. The summed E-state index contributed by atoms with van der Waals surface area (Å²) in [6.07, 6.45) is -3.93. The summed E-state index contributed by atoms with van der Waals surface area (Å²) in [4.78, 5) is 25.4. The van der Waals surface area contributed by atoms with Crippen LogP contribution < -0.4 is 20.1 Å². The predicted molar refractivity (Wildman–Crippen MR) is 155 cm³/mol. The standard InChI is InChI=1S/C27H39N6O9P/c1-15(23(35)39-14-26(3,4)5)32-43(37,42-17-11-9-8-10-12-17)40-13-18-20(34)27(6,36)24(41-18)33-16(2)29-19-21(33)30-25(28)31-22(19)38-7/h8-12,15,18,20,24,34,36H,13-14H2,1-7H3,(H,32,37)(H2,28,30,31). The Morgan fingerprint density at radius 1 is 1.26 bits per heavy atom. The number of rotatable bonds is 11. The van der Waals surface area contributed by atoms with Gasteiger partial charge >= 0.3 is 13.7 Å². The lowest BCUT2D eigenvalue weighted by Crippen LogP contribution is -2.44. The van der Waals surface area contributed by atoms with E-state index in [2.05, 4.69) is 20.0 Å². The highest BCUT2D eigenvalue weighted by Crippen LogP contribution is 2.47. The number of hydrogen-bond donors (Lipinski definition) is 4. The van der Waals surface area contributed by atoms with Crippen molar-refractivity contribution in [1.29, 1.82) is 0 Å². The maximum atomic E-state index is 13.9. The molecule has 15 nitrogen and oxygen atoms in total. The maximum Gasteiger partial charge on any atom is 0.459 e. The minimum absolute atomic E-state index is 0.0937. The average molecular weight is 623 g/mol. The van der Waals surface area contributed by atoms with Crippen LogP contribution in [-0.2, 0) is 23.4 Å². The molecule has 43 heavy (non-hydrogen) atoms. The van der Waals surface area contributed by atoms with Crippen molar-refractivity contribution >= 4 is 30.8 Å². The number of para-hydroxylation sites is 1. The number of imidazole rings is 1. The van der Waals surface area contributed by atoms with E-state index in [4.69, 9.17) is 29.0 Å². The van der Waals surface area contributed by atoms with E-state index in [1.165, 1.54) is 25.5 Å². The second-order valence-electron chi connectivity index (χ2n) is 11.7. The summed E-state index contributed by atoms with van der Waals surface area (Å²) in [5.41, 5.74) is 4.18. The summed E-state index contributed by atoms with van der Waals surface area (Å²) in [5, 5.41) is 25.1. The van der Waals surface area contributed by atoms with E-state index in [0.717, 1.165) is 0 Å². The second-order valence-corrected chi connectivity index (χ2v) is 13.4. The van der Waals surface area contributed by atoms with E-state index in [0.29, 0.717) is 5.82 Å². The Balaban J connectivity index is 1.57. The number of hydrogen-bond acceptors (Lipinski definition) is 13. The molecule has 6 atom stereocenters. The van der Waals surface area contributed by atoms with Gasteiger partial charge in [0.25, 0.3) is 0 Å². The third kappa shape index (κ3) is 7.25. The fourth-order valence-electron chi connectivity index (χ4n) is 4.43. The fraction of sp³-hybridized carbons (Fsp3) is 0.556. The van der Waals surface area contributed by atoms with Crippen molar-refractivity contribution in [3.05, 3.63) is 36.2 Å². The molecule has 3 aromatic rings. The number of nitrogen functional groups attached to an aromatic ring is 1. The van der Waals surface area contributed by atoms with Crippen LogP contribution in [0.25, 0.3) is 11.2 Å². The van der Waals surface area contributed by atoms with Gasteiger partial charge in [-0.25, -0.2) is 9.55 Å². The highest BCUT2D eigenvalue weighted by atomic mass is 31.2. The van der Waals surface area contributed by atoms with Gasteiger partial charge in [-0.15, -0.1) is 0 Å². The molecule has 0 bridgehead atoms. The zero-order valence-corrected chi connectivity index (χ0v) is 26.1. The number of nitrogens with one attached hydrogen (secondary N) is 1. The predicted octanol–water partition coefficient (Wildman–Crippen LogP) is 2.51. The molecule has 2 aromatic heterocycles. The van der Waals surface area contributed by atoms with Crippen LogP contribution >= 0.6 is 7.75 Å². The lowest BCUT2D eigenvalue weighted by Gasteiger charge is -2.28. The first-order chi connectivity index (χ1) is 20.0. The molecule has 5 N–H and O–H groups in total. The van der Waals surface area contributed by atoms with Crippen LogP contribution in [0.4, 0.5) is 5.95 Å². The summed E-state index contributed by atoms with van der Waals surface area (Å²) < 4.78 is 43.5. The molecule has 1 aliphatic heterocycles. The Morgan fingerprint density at radius 2 is 1.93 bits per heavy atom. The SMILES string of the molecule is COc1nc(N)nc2c1nc(C)n2C1OC(COP(=O)(NC(C)C(=O)OCC(C)(C)C)Oc2ccccc2)C(O)C1(C)O. The quantitative estimate of drug-likeness (QED) is 0.179. The number of carbonyl (C=O) groups is 1. The molecule has 6 unspecified atom stereocenters. The first-order valence-corrected chi connectivity index (χ1v) is 15.1. The summed E-state index contributed by atoms with van der Waals surface area (Å²) in [5.74, 6) is -0.0474. The minimum atomic E-state index is -4.28. The normalized spacial score (nSPS) is 24.4. The highest BCUT2D eigenvalue weighted by Gasteiger charge is 2.54. The summed E-state index contributed by atoms with van der Waals surface area (Å²) >= 11 is 0. The van der Waals surface area contributed by atoms with Crippen LogP contribution in [0, 0.1) is 12.3 Å². The van der Waals surface area contributed by atoms with Crippen LogP contribution in [0.3, 0.4) is 0 Å². The fourth-order valence-corrected chi connectivity index (χ4v) is 5.94. The Hall–Kier alpha value is -3.33. The zero-order valence-electron chi connectivity index (χ0n) is 25.2. The zero-order chi connectivity index (χ0) is 31.7. The van der Waals surface area contributed by atoms with Gasteiger partial charge in [-0.2, -0.15) is 15.1 Å². The van der Waals surface area contributed by atoms with Crippen molar-refractivity contribution in [2.75, 3.05) is 26.1 Å². The molecule has 0 amide bonds. The summed E-state index contributed by atoms with van der Waals surface area (Å²) in [6.45, 7) is 9.86. The number of aliphatic hydroxyl groups is 2. The minimum Gasteiger partial charge on any atom is -0.479 e. The molecule has 0 radical (unpaired) electrons. The van der Waals surface area contributed by atoms with Crippen LogP contribution in [-0.4, -0.2) is 79.9 Å². The highest BCUT2D eigenvalue weighted by molar-refractivity contribution is 7.52. The smallest absolute Gasteiger partial charge is 0.459 e. The molecule has 16 heteroatoms. The number of nitrogens with two attached hydrogens (primary N) is 1. The van der Waals surface area contributed by atoms with Gasteiger partial charge in [0.1, 0.15) is 35.4 Å². The van der Waals surface area contributed by atoms with Gasteiger partial charge in [-0.05, 0) is 38.3 Å². The van der Waals surface area contributed by atoms with E-state index in [1.807, 2.05) is 20.8 Å². The second kappa shape index (κ2) is 12.3. The number of aromatic nitrogens is 4. The van der Waals surface area contributed by atoms with Crippen molar-refractivity contribution in [1.82, 2.24) is 24.6 Å². The number of nitrogens with zero attached hydrogens (tertiary/aromatic N) is 4. The molecule has 3 heterocycles. The number of carbonyl (C=O) groups excluding carboxylic acids is 1. The Bertz CT molecular complexity index is 1490. The molecule has 0 saturated carbocycles. The number of ether oxygens (including phenoxy) is 3. The van der Waals surface area contributed by atoms with Crippen molar-refractivity contribution in [3.63, 3.8) is 0 Å². The van der Waals surface area contributed by atoms with Gasteiger partial charge in [-0.3, -0.25) is 13.9 Å². The third-order valence-electron chi connectivity index (χ3n) is 6.61. The number of anilines is 1. The van der Waals surface area contributed by atoms with Crippen molar-refractivity contribution < 1.29 is 42.8 Å². The molecular formula is C27H39N6O9P. The molecule has 236 valence electrons. The Kier molecular flexibility index (Phi) is 9.35. The summed E-state index contributed by atoms with van der Waals surface area (Å²) in [6, 6.07) is 7.15. The molecular weight excluding hydrogens is 583 g/mol. The van der Waals surface area contributed by atoms with Gasteiger partial charge in [0, 0.05) is 0 Å². The van der Waals surface area contributed by atoms with Crippen molar-refractivity contribution in [3.8, 4) is 11.6 Å².